The minimum Gasteiger partial charge on any atom is -0.311 e. The normalized spacial score (nSPS) is 21.3. The van der Waals surface area contributed by atoms with Gasteiger partial charge in [-0.15, -0.1) is 0 Å². The largest absolute Gasteiger partial charge is 0.311 e. The fraction of sp³-hybridized carbons (Fsp3) is 0.483. The zero-order chi connectivity index (χ0) is 43.9. The molecule has 5 aromatic carbocycles. The Hall–Kier alpha value is -4.24. The van der Waals surface area contributed by atoms with Crippen molar-refractivity contribution < 1.29 is 0 Å². The van der Waals surface area contributed by atoms with Crippen LogP contribution in [0.5, 0.6) is 0 Å². The van der Waals surface area contributed by atoms with Crippen LogP contribution < -0.4 is 26.2 Å². The maximum atomic E-state index is 2.72. The van der Waals surface area contributed by atoms with Gasteiger partial charge in [0.1, 0.15) is 0 Å². The summed E-state index contributed by atoms with van der Waals surface area (Å²) in [7, 11) is 0. The van der Waals surface area contributed by atoms with Crippen molar-refractivity contribution in [2.75, 3.05) is 9.80 Å². The zero-order valence-electron chi connectivity index (χ0n) is 40.7. The van der Waals surface area contributed by atoms with Crippen LogP contribution in [0.15, 0.2) is 72.8 Å². The number of hydrogen-bond donors (Lipinski definition) is 0. The van der Waals surface area contributed by atoms with Crippen LogP contribution >= 0.6 is 0 Å². The summed E-state index contributed by atoms with van der Waals surface area (Å²) < 4.78 is 0. The smallest absolute Gasteiger partial charge is 0.252 e. The molecule has 0 bridgehead atoms. The molecule has 0 aromatic heterocycles. The highest BCUT2D eigenvalue weighted by atomic mass is 15.2. The minimum absolute atomic E-state index is 0.00570. The van der Waals surface area contributed by atoms with Crippen molar-refractivity contribution in [3.8, 4) is 0 Å². The summed E-state index contributed by atoms with van der Waals surface area (Å²) in [6.07, 6.45) is 4.71. The molecule has 316 valence electrons. The molecule has 0 saturated heterocycles. The summed E-state index contributed by atoms with van der Waals surface area (Å²) in [6, 6.07) is 30.5. The minimum atomic E-state index is 0.00570. The molecule has 5 aliphatic rings. The summed E-state index contributed by atoms with van der Waals surface area (Å²) in [5, 5.41) is 0. The van der Waals surface area contributed by atoms with Gasteiger partial charge in [-0.05, 0) is 186 Å². The topological polar surface area (TPSA) is 6.48 Å². The van der Waals surface area contributed by atoms with E-state index < -0.39 is 0 Å². The van der Waals surface area contributed by atoms with E-state index >= 15 is 0 Å². The SMILES string of the molecule is Cc1cc2c3c(c1)N(c1cc4c(cc1C)C(C)(C)CC4(C)C)c1cc4c(cc1B3c1ccc(C(C)(C)C)cc1N2c1ccc2c(c1)C(C)(C)CCC2(C)C)C(C)(C)CC4(C)C. The molecule has 0 amide bonds. The lowest BCUT2D eigenvalue weighted by atomic mass is 9.33. The first-order valence-electron chi connectivity index (χ1n) is 23.5. The van der Waals surface area contributed by atoms with Crippen molar-refractivity contribution in [2.45, 2.75) is 181 Å². The first-order valence-corrected chi connectivity index (χ1v) is 23.5. The van der Waals surface area contributed by atoms with Crippen molar-refractivity contribution in [1.82, 2.24) is 0 Å². The van der Waals surface area contributed by atoms with Gasteiger partial charge in [-0.1, -0.05) is 134 Å². The zero-order valence-corrected chi connectivity index (χ0v) is 40.7. The third kappa shape index (κ3) is 5.80. The molecule has 0 unspecified atom stereocenters. The molecular weight excluding hydrogens is 735 g/mol. The summed E-state index contributed by atoms with van der Waals surface area (Å²) >= 11 is 0. The van der Waals surface area contributed by atoms with Crippen LogP contribution in [-0.4, -0.2) is 6.71 Å². The molecule has 2 aliphatic heterocycles. The van der Waals surface area contributed by atoms with Crippen LogP contribution in [0.2, 0.25) is 0 Å². The van der Waals surface area contributed by atoms with E-state index in [1.54, 1.807) is 0 Å². The maximum absolute atomic E-state index is 2.72. The molecule has 0 spiro atoms. The Morgan fingerprint density at radius 3 is 1.52 bits per heavy atom. The van der Waals surface area contributed by atoms with Gasteiger partial charge in [0.15, 0.2) is 0 Å². The summed E-state index contributed by atoms with van der Waals surface area (Å²) in [6.45, 7) is 41.5. The molecule has 5 aromatic rings. The molecular formula is C58H71BN2. The van der Waals surface area contributed by atoms with Gasteiger partial charge in [0.2, 0.25) is 0 Å². The molecule has 0 fully saturated rings. The fourth-order valence-corrected chi connectivity index (χ4v) is 13.7. The Bertz CT molecular complexity index is 2730. The van der Waals surface area contributed by atoms with Gasteiger partial charge < -0.3 is 9.80 Å². The molecule has 0 saturated carbocycles. The van der Waals surface area contributed by atoms with Crippen molar-refractivity contribution in [2.24, 2.45) is 0 Å². The van der Waals surface area contributed by atoms with Crippen molar-refractivity contribution >= 4 is 57.2 Å². The Kier molecular flexibility index (Phi) is 8.21. The predicted octanol–water partition coefficient (Wildman–Crippen LogP) is 14.0. The monoisotopic (exact) mass is 807 g/mol. The van der Waals surface area contributed by atoms with Crippen LogP contribution in [0.1, 0.15) is 180 Å². The van der Waals surface area contributed by atoms with E-state index in [2.05, 4.69) is 200 Å². The molecule has 2 heterocycles. The lowest BCUT2D eigenvalue weighted by Crippen LogP contribution is -2.61. The second kappa shape index (κ2) is 12.3. The number of hydrogen-bond acceptors (Lipinski definition) is 2. The molecule has 61 heavy (non-hydrogen) atoms. The van der Waals surface area contributed by atoms with Gasteiger partial charge in [0.05, 0.1) is 0 Å². The second-order valence-electron chi connectivity index (χ2n) is 25.4. The van der Waals surface area contributed by atoms with Crippen LogP contribution in [0.4, 0.5) is 34.1 Å². The summed E-state index contributed by atoms with van der Waals surface area (Å²) in [5.41, 5.74) is 26.0. The van der Waals surface area contributed by atoms with Gasteiger partial charge in [0.25, 0.3) is 6.71 Å². The highest BCUT2D eigenvalue weighted by molar-refractivity contribution is 7.00. The molecule has 10 rings (SSSR count). The fourth-order valence-electron chi connectivity index (χ4n) is 13.7. The van der Waals surface area contributed by atoms with E-state index in [0.717, 1.165) is 12.8 Å². The Morgan fingerprint density at radius 2 is 0.934 bits per heavy atom. The van der Waals surface area contributed by atoms with E-state index in [1.165, 1.54) is 113 Å². The van der Waals surface area contributed by atoms with E-state index in [0.29, 0.717) is 0 Å². The third-order valence-corrected chi connectivity index (χ3v) is 16.6. The van der Waals surface area contributed by atoms with E-state index in [-0.39, 0.29) is 44.6 Å². The number of aryl methyl sites for hydroxylation is 2. The van der Waals surface area contributed by atoms with E-state index in [1.807, 2.05) is 0 Å². The van der Waals surface area contributed by atoms with Crippen molar-refractivity contribution in [3.63, 3.8) is 0 Å². The molecule has 0 atom stereocenters. The predicted molar refractivity (Wildman–Crippen MR) is 265 cm³/mol. The van der Waals surface area contributed by atoms with Crippen LogP contribution in [0, 0.1) is 13.8 Å². The number of rotatable bonds is 2. The Balaban J connectivity index is 1.32. The number of benzene rings is 5. The van der Waals surface area contributed by atoms with Gasteiger partial charge in [-0.3, -0.25) is 0 Å². The second-order valence-corrected chi connectivity index (χ2v) is 25.4. The van der Waals surface area contributed by atoms with Gasteiger partial charge in [-0.2, -0.15) is 0 Å². The molecule has 3 heteroatoms. The van der Waals surface area contributed by atoms with E-state index in [9.17, 15) is 0 Å². The van der Waals surface area contributed by atoms with Crippen LogP contribution in [-0.2, 0) is 37.9 Å². The molecule has 0 radical (unpaired) electrons. The number of nitrogens with zero attached hydrogens (tertiary/aromatic N) is 2. The molecule has 0 N–H and O–H groups in total. The lowest BCUT2D eigenvalue weighted by molar-refractivity contribution is 0.332. The highest BCUT2D eigenvalue weighted by Gasteiger charge is 2.50. The van der Waals surface area contributed by atoms with Gasteiger partial charge in [-0.25, -0.2) is 0 Å². The number of fused-ring (bicyclic) bond motifs is 7. The third-order valence-electron chi connectivity index (χ3n) is 16.6. The van der Waals surface area contributed by atoms with Crippen molar-refractivity contribution in [3.05, 3.63) is 123 Å². The average Bonchev–Trinajstić information content (AvgIpc) is 3.44. The first-order chi connectivity index (χ1) is 28.1. The van der Waals surface area contributed by atoms with Crippen LogP contribution in [0.3, 0.4) is 0 Å². The summed E-state index contributed by atoms with van der Waals surface area (Å²) in [5.74, 6) is 0. The number of anilines is 6. The maximum Gasteiger partial charge on any atom is 0.252 e. The summed E-state index contributed by atoms with van der Waals surface area (Å²) in [4.78, 5) is 5.40. The highest BCUT2D eigenvalue weighted by Crippen LogP contribution is 2.56. The van der Waals surface area contributed by atoms with Gasteiger partial charge >= 0.3 is 0 Å². The first kappa shape index (κ1) is 40.8. The Labute approximate surface area is 369 Å². The standard InChI is InChI=1S/C58H71BN2/c1-34-24-49-51-50(25-34)61(46-30-42-39(26-35(46)2)55(10,11)32-57(42,14)15)48-31-43-41(56(12,13)33-58(43,16)17)29-45(48)59(51)44-21-18-36(52(3,4)5)27-47(44)60(49)37-19-20-38-40(28-37)54(8,9)23-22-53(38,6)7/h18-21,24-31H,22-23,32-33H2,1-17H3. The molecule has 2 nitrogen and oxygen atoms in total. The quantitative estimate of drug-likeness (QED) is 0.161. The van der Waals surface area contributed by atoms with Crippen molar-refractivity contribution in [1.29, 1.82) is 0 Å². The molecule has 3 aliphatic carbocycles. The van der Waals surface area contributed by atoms with Gasteiger partial charge in [0, 0.05) is 34.1 Å². The average molecular weight is 807 g/mol. The van der Waals surface area contributed by atoms with Crippen LogP contribution in [0.25, 0.3) is 0 Å². The Morgan fingerprint density at radius 1 is 0.443 bits per heavy atom. The van der Waals surface area contributed by atoms with E-state index in [4.69, 9.17) is 0 Å². The lowest BCUT2D eigenvalue weighted by Gasteiger charge is -2.46.